The van der Waals surface area contributed by atoms with Gasteiger partial charge in [0, 0.05) is 6.54 Å². The summed E-state index contributed by atoms with van der Waals surface area (Å²) in [5.41, 5.74) is 0. The molecule has 0 unspecified atom stereocenters. The van der Waals surface area contributed by atoms with E-state index in [0.717, 1.165) is 10.6 Å². The lowest BCUT2D eigenvalue weighted by atomic mass is 10.3. The number of nitrogens with zero attached hydrogens (tertiary/aromatic N) is 3. The molecule has 3 rings (SSSR count). The summed E-state index contributed by atoms with van der Waals surface area (Å²) in [7, 11) is 1.60. The summed E-state index contributed by atoms with van der Waals surface area (Å²) in [5.74, 6) is 2.11. The van der Waals surface area contributed by atoms with Crippen molar-refractivity contribution in [2.45, 2.75) is 26.5 Å². The third-order valence-corrected chi connectivity index (χ3v) is 4.82. The summed E-state index contributed by atoms with van der Waals surface area (Å²) in [6.07, 6.45) is -0.641. The Morgan fingerprint density at radius 2 is 2.00 bits per heavy atom. The highest BCUT2D eigenvalue weighted by atomic mass is 32.1. The molecule has 0 radical (unpaired) electrons. The molecule has 0 aliphatic carbocycles. The van der Waals surface area contributed by atoms with E-state index in [9.17, 15) is 4.79 Å². The predicted molar refractivity (Wildman–Crippen MR) is 102 cm³/mol. The van der Waals surface area contributed by atoms with Gasteiger partial charge in [-0.15, -0.1) is 11.3 Å². The first kappa shape index (κ1) is 18.9. The Hall–Kier alpha value is -2.87. The van der Waals surface area contributed by atoms with E-state index in [4.69, 9.17) is 14.0 Å². The molecule has 0 spiro atoms. The molecule has 0 saturated heterocycles. The number of thiophene rings is 1. The van der Waals surface area contributed by atoms with E-state index < -0.39 is 6.10 Å². The van der Waals surface area contributed by atoms with Gasteiger partial charge in [0.05, 0.1) is 12.0 Å². The molecule has 0 aliphatic heterocycles. The summed E-state index contributed by atoms with van der Waals surface area (Å²) in [6, 6.07) is 11.0. The van der Waals surface area contributed by atoms with Gasteiger partial charge in [0.15, 0.2) is 6.10 Å². The number of carbonyl (C=O) groups is 1. The molecule has 0 bridgehead atoms. The number of benzene rings is 1. The number of hydrogen-bond donors (Lipinski definition) is 0. The number of methoxy groups -OCH3 is 1. The largest absolute Gasteiger partial charge is 0.497 e. The minimum atomic E-state index is -0.641. The molecule has 142 valence electrons. The molecule has 2 aromatic heterocycles. The molecule has 0 aliphatic rings. The summed E-state index contributed by atoms with van der Waals surface area (Å²) >= 11 is 1.53. The zero-order valence-corrected chi connectivity index (χ0v) is 16.2. The standard InChI is InChI=1S/C19H21N3O4S/c1-4-22(12-17-20-18(21-26-17)16-6-5-11-27-16)19(23)13(2)25-15-9-7-14(24-3)8-10-15/h5-11,13H,4,12H2,1-3H3/t13-/m0/s1. The van der Waals surface area contributed by atoms with Crippen LogP contribution in [0.2, 0.25) is 0 Å². The van der Waals surface area contributed by atoms with Crippen LogP contribution < -0.4 is 9.47 Å². The SMILES string of the molecule is CCN(Cc1nc(-c2cccs2)no1)C(=O)[C@H](C)Oc1ccc(OC)cc1. The second-order valence-corrected chi connectivity index (χ2v) is 6.72. The van der Waals surface area contributed by atoms with Gasteiger partial charge in [-0.2, -0.15) is 4.98 Å². The van der Waals surface area contributed by atoms with Crippen molar-refractivity contribution in [2.24, 2.45) is 0 Å². The zero-order valence-electron chi connectivity index (χ0n) is 15.4. The number of ether oxygens (including phenoxy) is 2. The Morgan fingerprint density at radius 3 is 2.63 bits per heavy atom. The summed E-state index contributed by atoms with van der Waals surface area (Å²) < 4.78 is 16.2. The van der Waals surface area contributed by atoms with Gasteiger partial charge in [0.1, 0.15) is 18.0 Å². The Morgan fingerprint density at radius 1 is 1.26 bits per heavy atom. The number of aromatic nitrogens is 2. The van der Waals surface area contributed by atoms with Crippen LogP contribution in [0.3, 0.4) is 0 Å². The van der Waals surface area contributed by atoms with Gasteiger partial charge in [-0.1, -0.05) is 11.2 Å². The Balaban J connectivity index is 1.62. The van der Waals surface area contributed by atoms with Crippen molar-refractivity contribution < 1.29 is 18.8 Å². The molecule has 0 fully saturated rings. The molecule has 27 heavy (non-hydrogen) atoms. The predicted octanol–water partition coefficient (Wildman–Crippen LogP) is 3.62. The van der Waals surface area contributed by atoms with Crippen LogP contribution in [-0.4, -0.2) is 40.7 Å². The lowest BCUT2D eigenvalue weighted by molar-refractivity contribution is -0.138. The van der Waals surface area contributed by atoms with E-state index in [2.05, 4.69) is 10.1 Å². The molecule has 2 heterocycles. The maximum atomic E-state index is 12.7. The van der Waals surface area contributed by atoms with Crippen molar-refractivity contribution in [1.29, 1.82) is 0 Å². The van der Waals surface area contributed by atoms with E-state index in [-0.39, 0.29) is 12.5 Å². The molecule has 7 nitrogen and oxygen atoms in total. The van der Waals surface area contributed by atoms with Gasteiger partial charge in [0.2, 0.25) is 11.7 Å². The second kappa shape index (κ2) is 8.68. The van der Waals surface area contributed by atoms with Crippen molar-refractivity contribution in [3.05, 3.63) is 47.7 Å². The van der Waals surface area contributed by atoms with Crippen molar-refractivity contribution in [3.63, 3.8) is 0 Å². The molecular weight excluding hydrogens is 366 g/mol. The average Bonchev–Trinajstić information content (AvgIpc) is 3.37. The van der Waals surface area contributed by atoms with Crippen molar-refractivity contribution in [3.8, 4) is 22.2 Å². The van der Waals surface area contributed by atoms with Crippen LogP contribution >= 0.6 is 11.3 Å². The fraction of sp³-hybridized carbons (Fsp3) is 0.316. The third-order valence-electron chi connectivity index (χ3n) is 3.95. The Bertz CT molecular complexity index is 861. The summed E-state index contributed by atoms with van der Waals surface area (Å²) in [6.45, 7) is 4.37. The van der Waals surface area contributed by atoms with E-state index in [1.807, 2.05) is 24.4 Å². The average molecular weight is 387 g/mol. The fourth-order valence-corrected chi connectivity index (χ4v) is 3.15. The maximum Gasteiger partial charge on any atom is 0.263 e. The number of likely N-dealkylation sites (N-methyl/N-ethyl adjacent to an activating group) is 1. The molecule has 8 heteroatoms. The minimum absolute atomic E-state index is 0.149. The van der Waals surface area contributed by atoms with Crippen LogP contribution in [0.4, 0.5) is 0 Å². The van der Waals surface area contributed by atoms with E-state index >= 15 is 0 Å². The van der Waals surface area contributed by atoms with Gasteiger partial charge in [-0.3, -0.25) is 4.79 Å². The van der Waals surface area contributed by atoms with Gasteiger partial charge in [0.25, 0.3) is 5.91 Å². The Kier molecular flexibility index (Phi) is 6.08. The van der Waals surface area contributed by atoms with Gasteiger partial charge >= 0.3 is 0 Å². The number of hydrogen-bond acceptors (Lipinski definition) is 7. The van der Waals surface area contributed by atoms with Crippen molar-refractivity contribution in [1.82, 2.24) is 15.0 Å². The van der Waals surface area contributed by atoms with Gasteiger partial charge in [-0.05, 0) is 49.6 Å². The molecular formula is C19H21N3O4S. The highest BCUT2D eigenvalue weighted by Crippen LogP contribution is 2.22. The van der Waals surface area contributed by atoms with E-state index in [1.165, 1.54) is 11.3 Å². The molecule has 1 aromatic carbocycles. The molecule has 3 aromatic rings. The number of rotatable bonds is 8. The van der Waals surface area contributed by atoms with E-state index in [1.54, 1.807) is 43.2 Å². The first-order chi connectivity index (χ1) is 13.1. The molecule has 1 amide bonds. The highest BCUT2D eigenvalue weighted by Gasteiger charge is 2.23. The highest BCUT2D eigenvalue weighted by molar-refractivity contribution is 7.13. The molecule has 0 N–H and O–H groups in total. The third kappa shape index (κ3) is 4.65. The first-order valence-corrected chi connectivity index (χ1v) is 9.44. The smallest absolute Gasteiger partial charge is 0.263 e. The topological polar surface area (TPSA) is 77.7 Å². The van der Waals surface area contributed by atoms with Gasteiger partial charge in [-0.25, -0.2) is 0 Å². The van der Waals surface area contributed by atoms with E-state index in [0.29, 0.717) is 24.0 Å². The van der Waals surface area contributed by atoms with Crippen LogP contribution in [0.25, 0.3) is 10.7 Å². The van der Waals surface area contributed by atoms with Crippen molar-refractivity contribution in [2.75, 3.05) is 13.7 Å². The van der Waals surface area contributed by atoms with Gasteiger partial charge < -0.3 is 18.9 Å². The molecule has 0 saturated carbocycles. The van der Waals surface area contributed by atoms with Crippen LogP contribution in [0.5, 0.6) is 11.5 Å². The quantitative estimate of drug-likeness (QED) is 0.587. The van der Waals surface area contributed by atoms with Crippen LogP contribution in [0, 0.1) is 0 Å². The van der Waals surface area contributed by atoms with Crippen LogP contribution in [0.1, 0.15) is 19.7 Å². The lowest BCUT2D eigenvalue weighted by Gasteiger charge is -2.23. The summed E-state index contributed by atoms with van der Waals surface area (Å²) in [4.78, 5) is 19.7. The summed E-state index contributed by atoms with van der Waals surface area (Å²) in [5, 5.41) is 5.93. The lowest BCUT2D eigenvalue weighted by Crippen LogP contribution is -2.40. The minimum Gasteiger partial charge on any atom is -0.497 e. The van der Waals surface area contributed by atoms with Crippen molar-refractivity contribution >= 4 is 17.2 Å². The fourth-order valence-electron chi connectivity index (χ4n) is 2.50. The van der Waals surface area contributed by atoms with Crippen LogP contribution in [0.15, 0.2) is 46.3 Å². The maximum absolute atomic E-state index is 12.7. The molecule has 1 atom stereocenters. The monoisotopic (exact) mass is 387 g/mol. The Labute approximate surface area is 161 Å². The zero-order chi connectivity index (χ0) is 19.2. The number of amides is 1. The second-order valence-electron chi connectivity index (χ2n) is 5.78. The van der Waals surface area contributed by atoms with Crippen LogP contribution in [-0.2, 0) is 11.3 Å². The number of carbonyl (C=O) groups excluding carboxylic acids is 1. The normalized spacial score (nSPS) is 11.8. The first-order valence-electron chi connectivity index (χ1n) is 8.56.